The topological polar surface area (TPSA) is 240 Å². The molecule has 0 aliphatic carbocycles. The molecular formula is C65H91ClFIMgN10O10S3. The van der Waals surface area contributed by atoms with Crippen molar-refractivity contribution in [2.75, 3.05) is 107 Å². The van der Waals surface area contributed by atoms with Crippen LogP contribution < -0.4 is 42.9 Å². The van der Waals surface area contributed by atoms with Crippen LogP contribution in [0.25, 0.3) is 0 Å². The number of Topliss-reactive ketones (excluding diaryl/α,β-unsaturated/α-hetero) is 1. The van der Waals surface area contributed by atoms with E-state index in [4.69, 9.17) is 90.6 Å². The van der Waals surface area contributed by atoms with Gasteiger partial charge in [0.1, 0.15) is 76.6 Å². The summed E-state index contributed by atoms with van der Waals surface area (Å²) in [6.07, 6.45) is 16.8. The summed E-state index contributed by atoms with van der Waals surface area (Å²) in [4.78, 5) is 42.9. The molecule has 5 aliphatic rings. The minimum absolute atomic E-state index is 0. The number of alkyl halides is 1. The van der Waals surface area contributed by atoms with Gasteiger partial charge in [-0.15, -0.1) is 11.8 Å². The Kier molecular flexibility index (Phi) is 52.2. The first kappa shape index (κ1) is 88.8. The Bertz CT molecular complexity index is 3020. The smallest absolute Gasteiger partial charge is 1.00 e. The van der Waals surface area contributed by atoms with E-state index in [1.54, 1.807) is 66.9 Å². The summed E-state index contributed by atoms with van der Waals surface area (Å²) in [5, 5.41) is 17.5. The zero-order valence-electron chi connectivity index (χ0n) is 52.5. The summed E-state index contributed by atoms with van der Waals surface area (Å²) in [6, 6.07) is 21.3. The molecule has 5 aliphatic heterocycles. The zero-order chi connectivity index (χ0) is 63.0. The number of carbonyl (C=O) groups excluding carboxylic acids is 1. The van der Waals surface area contributed by atoms with Crippen LogP contribution in [0.15, 0.2) is 102 Å². The molecule has 5 saturated heterocycles. The summed E-state index contributed by atoms with van der Waals surface area (Å²) >= 11 is 17.5. The Morgan fingerprint density at radius 3 is 1.29 bits per heavy atom. The Labute approximate surface area is 600 Å². The fourth-order valence-corrected chi connectivity index (χ4v) is 7.98. The van der Waals surface area contributed by atoms with Crippen LogP contribution in [-0.2, 0) is 23.7 Å². The molecule has 27 heteroatoms. The van der Waals surface area contributed by atoms with Gasteiger partial charge in [0.15, 0.2) is 5.78 Å². The van der Waals surface area contributed by atoms with Crippen LogP contribution in [0.2, 0.25) is 5.02 Å². The molecule has 0 aromatic carbocycles. The van der Waals surface area contributed by atoms with Crippen molar-refractivity contribution in [1.29, 1.82) is 10.5 Å². The third kappa shape index (κ3) is 37.6. The number of nitrogens with zero attached hydrogens (tertiary/aromatic N) is 10. The van der Waals surface area contributed by atoms with E-state index in [0.717, 1.165) is 109 Å². The van der Waals surface area contributed by atoms with Crippen LogP contribution in [-0.4, -0.2) is 210 Å². The largest absolute Gasteiger partial charge is 2.00 e. The van der Waals surface area contributed by atoms with E-state index in [2.05, 4.69) is 34.9 Å². The average Bonchev–Trinajstić information content (AvgIpc) is 3.02. The van der Waals surface area contributed by atoms with Gasteiger partial charge >= 0.3 is 23.1 Å². The minimum Gasteiger partial charge on any atom is -1.00 e. The van der Waals surface area contributed by atoms with Crippen molar-refractivity contribution in [2.45, 2.75) is 106 Å². The van der Waals surface area contributed by atoms with Crippen molar-refractivity contribution in [3.8, 4) is 35.1 Å². The Morgan fingerprint density at radius 1 is 0.630 bits per heavy atom. The van der Waals surface area contributed by atoms with Crippen LogP contribution in [0, 0.1) is 30.1 Å². The third-order valence-corrected chi connectivity index (χ3v) is 14.1. The standard InChI is InChI=1S/C15H21N3O2S.C14H18N2O2S2.C11H13NO3.C10H10N2O2.C6H3ClN2.C4H8O.CH3F.3CH4.CH3.HI.Mg/c1-11(17-9-15(21)18(2)3)14-8-12(4-6-16-14)20-13-5-7-19-10-13;1-10(16-8-14(19)20-2)13-7-11(3-5-15-13)18-12-4-6-17-9-12;1-8(13)11-6-9(2-4-12-11)15-10-3-5-14-7-10;11-6-8-5-9(1-3-12-8)14-10-2-4-13-7-10;7-5-1-2-9-6(3-5)4-8;1-2-4-5-3-1;1-2;;;;;;/h4,6,8,13H,5,7,9-10H2,1-3H3;3,5,7,12H,4,6,8-9H2,1-2H3;2,4,6,10H,3,5,7H2,1H3;1,3,5,10H,2,4,7H2;1-3H;1-4H2;1H3;3*1H4;1H3;1H;/q;;;;;;;;;;-1;;+2/p-1/t13-;12-;2*10-;;;;;;;;;/m0000........./s1/i;;;;;;1D;;;;;;. The molecule has 20 nitrogen and oxygen atoms in total. The number of carbonyl (C=O) groups is 1. The number of thiocarbonyl (C=S) groups is 2. The second-order valence-corrected chi connectivity index (χ2v) is 21.6. The second-order valence-electron chi connectivity index (χ2n) is 19.0. The molecule has 5 fully saturated rings. The summed E-state index contributed by atoms with van der Waals surface area (Å²) in [6.45, 7) is 14.0. The van der Waals surface area contributed by atoms with Gasteiger partial charge < -0.3 is 78.9 Å². The van der Waals surface area contributed by atoms with E-state index in [-0.39, 0.29) is 107 Å². The molecule has 502 valence electrons. The molecule has 0 unspecified atom stereocenters. The number of hydrogen-bond acceptors (Lipinski definition) is 22. The summed E-state index contributed by atoms with van der Waals surface area (Å²) in [5.41, 5.74) is 4.52. The molecule has 0 N–H and O–H groups in total. The Balaban J connectivity index is -0.00000106. The maximum absolute atomic E-state index is 11.1. The van der Waals surface area contributed by atoms with Gasteiger partial charge in [-0.2, -0.15) is 10.5 Å². The van der Waals surface area contributed by atoms with Crippen LogP contribution in [0.3, 0.4) is 0 Å². The number of ketones is 1. The molecule has 0 radical (unpaired) electrons. The molecular weight excluding hydrogens is 1380 g/mol. The number of likely N-dealkylation sites (N-methyl/N-ethyl adjacent to an activating group) is 1. The van der Waals surface area contributed by atoms with Crippen LogP contribution >= 0.6 is 47.8 Å². The summed E-state index contributed by atoms with van der Waals surface area (Å²) < 4.78 is 65.3. The second kappa shape index (κ2) is 54.1. The minimum atomic E-state index is -1.00. The van der Waals surface area contributed by atoms with E-state index in [1.807, 2.05) is 75.5 Å². The monoisotopic (exact) mass is 1470 g/mol. The maximum atomic E-state index is 11.1. The summed E-state index contributed by atoms with van der Waals surface area (Å²) in [7, 11) is 2.84. The van der Waals surface area contributed by atoms with Gasteiger partial charge in [0.25, 0.3) is 0 Å². The van der Waals surface area contributed by atoms with E-state index in [9.17, 15) is 9.18 Å². The zero-order valence-corrected chi connectivity index (χ0v) is 58.3. The molecule has 10 heterocycles. The van der Waals surface area contributed by atoms with Gasteiger partial charge in [-0.25, -0.2) is 9.97 Å². The number of nitriles is 2. The van der Waals surface area contributed by atoms with Crippen LogP contribution in [0.5, 0.6) is 23.0 Å². The normalized spacial score (nSPS) is 17.1. The van der Waals surface area contributed by atoms with Crippen molar-refractivity contribution in [3.05, 3.63) is 133 Å². The maximum Gasteiger partial charge on any atom is 2.00 e. The number of hydrogen-bond donors (Lipinski definition) is 0. The predicted molar refractivity (Wildman–Crippen MR) is 371 cm³/mol. The molecule has 0 bridgehead atoms. The fourth-order valence-electron chi connectivity index (χ4n) is 7.49. The number of thioether (sulfide) groups is 1. The molecule has 0 saturated carbocycles. The van der Waals surface area contributed by atoms with Gasteiger partial charge in [0.05, 0.1) is 106 Å². The van der Waals surface area contributed by atoms with Gasteiger partial charge in [-0.05, 0) is 69.3 Å². The van der Waals surface area contributed by atoms with Crippen molar-refractivity contribution < 1.29 is 77.2 Å². The van der Waals surface area contributed by atoms with Crippen molar-refractivity contribution >= 4 is 97.2 Å². The first-order valence-electron chi connectivity index (χ1n) is 28.3. The van der Waals surface area contributed by atoms with E-state index in [1.165, 1.54) is 32.0 Å². The van der Waals surface area contributed by atoms with Crippen LogP contribution in [0.4, 0.5) is 4.39 Å². The fraction of sp³-hybridized carbons (Fsp3) is 0.492. The van der Waals surface area contributed by atoms with Crippen LogP contribution in [0.1, 0.15) is 116 Å². The number of pyridine rings is 5. The first-order valence-corrected chi connectivity index (χ1v) is 30.0. The number of aromatic nitrogens is 5. The molecule has 10 rings (SSSR count). The molecule has 4 atom stereocenters. The number of rotatable bonds is 15. The SMILES string of the molecule is C.C.C.C1CCOC1.CC(=NCC(=S)N(C)C)c1cc(O[C@H]2CCOC2)ccn1.CC(=O)c1cc(O[C@H]2CCOC2)ccn1.CSC(=S)CN=C(C)c1cc(O[C@H]2CCOC2)ccn1.N#Cc1cc(Cl)ccn1.N#Cc1cc(O[C@H]2CCOC2)ccn1.[2H]CF.[CH3-].[I-].[Mg+2]. The number of halogens is 3. The molecule has 5 aromatic heterocycles. The predicted octanol–water partition coefficient (Wildman–Crippen LogP) is 9.24. The molecule has 92 heavy (non-hydrogen) atoms. The molecule has 5 aromatic rings. The van der Waals surface area contributed by atoms with Gasteiger partial charge in [0.2, 0.25) is 0 Å². The Hall–Kier alpha value is -5.21. The quantitative estimate of drug-likeness (QED) is 0.0237. The van der Waals surface area contributed by atoms with Gasteiger partial charge in [0, 0.05) is 120 Å². The van der Waals surface area contributed by atoms with Crippen molar-refractivity contribution in [3.63, 3.8) is 0 Å². The van der Waals surface area contributed by atoms with E-state index < -0.39 is 7.15 Å². The molecule has 0 amide bonds. The van der Waals surface area contributed by atoms with Crippen molar-refractivity contribution in [2.24, 2.45) is 9.98 Å². The van der Waals surface area contributed by atoms with E-state index in [0.29, 0.717) is 73.1 Å². The van der Waals surface area contributed by atoms with E-state index >= 15 is 0 Å². The number of aliphatic imine (C=N–C) groups is 2. The van der Waals surface area contributed by atoms with Crippen molar-refractivity contribution in [1.82, 2.24) is 29.8 Å². The number of ether oxygens (including phenoxy) is 9. The first-order chi connectivity index (χ1) is 42.1. The Morgan fingerprint density at radius 2 is 0.978 bits per heavy atom. The average molecular weight is 1480 g/mol. The van der Waals surface area contributed by atoms with Gasteiger partial charge in [-0.3, -0.25) is 34.1 Å². The third-order valence-electron chi connectivity index (χ3n) is 12.2. The molecule has 0 spiro atoms. The summed E-state index contributed by atoms with van der Waals surface area (Å²) in [5.74, 6) is 2.94. The van der Waals surface area contributed by atoms with Gasteiger partial charge in [-0.1, -0.05) is 58.3 Å².